The van der Waals surface area contributed by atoms with Crippen LogP contribution in [-0.2, 0) is 13.0 Å². The second kappa shape index (κ2) is 6.75. The Bertz CT molecular complexity index is 738. The van der Waals surface area contributed by atoms with Crippen LogP contribution in [0.5, 0.6) is 0 Å². The highest BCUT2D eigenvalue weighted by Gasteiger charge is 2.30. The molecule has 1 fully saturated rings. The number of aromatic nitrogens is 4. The molecule has 1 aliphatic rings. The van der Waals surface area contributed by atoms with Crippen LogP contribution in [-0.4, -0.2) is 57.7 Å². The average Bonchev–Trinajstić information content (AvgIpc) is 3.07. The van der Waals surface area contributed by atoms with Gasteiger partial charge in [0.15, 0.2) is 5.82 Å². The third-order valence-electron chi connectivity index (χ3n) is 4.48. The van der Waals surface area contributed by atoms with E-state index in [1.54, 1.807) is 13.8 Å². The first-order valence-electron chi connectivity index (χ1n) is 8.07. The second-order valence-electron chi connectivity index (χ2n) is 6.35. The van der Waals surface area contributed by atoms with Gasteiger partial charge >= 0.3 is 6.18 Å². The van der Waals surface area contributed by atoms with Crippen LogP contribution in [0.3, 0.4) is 0 Å². The Morgan fingerprint density at radius 3 is 2.76 bits per heavy atom. The minimum Gasteiger partial charge on any atom is -0.339 e. The Labute approximate surface area is 143 Å². The van der Waals surface area contributed by atoms with E-state index in [1.807, 2.05) is 7.05 Å². The van der Waals surface area contributed by atoms with Gasteiger partial charge in [-0.2, -0.15) is 23.3 Å². The third-order valence-corrected chi connectivity index (χ3v) is 4.48. The highest BCUT2D eigenvalue weighted by atomic mass is 19.4. The van der Waals surface area contributed by atoms with Gasteiger partial charge in [-0.15, -0.1) is 0 Å². The molecule has 0 bridgehead atoms. The number of nitrogens with one attached hydrogen (secondary N) is 1. The summed E-state index contributed by atoms with van der Waals surface area (Å²) in [5, 5.41) is 11.3. The monoisotopic (exact) mass is 358 g/mol. The molecule has 7 nitrogen and oxygen atoms in total. The molecule has 0 radical (unpaired) electrons. The minimum atomic E-state index is -4.31. The maximum Gasteiger partial charge on any atom is 0.408 e. The summed E-state index contributed by atoms with van der Waals surface area (Å²) in [5.41, 5.74) is 1.69. The molecule has 25 heavy (non-hydrogen) atoms. The zero-order valence-electron chi connectivity index (χ0n) is 14.4. The number of alkyl halides is 3. The highest BCUT2D eigenvalue weighted by Crippen LogP contribution is 2.23. The quantitative estimate of drug-likeness (QED) is 0.895. The van der Waals surface area contributed by atoms with Crippen LogP contribution < -0.4 is 5.32 Å². The van der Waals surface area contributed by atoms with Crippen molar-refractivity contribution in [1.82, 2.24) is 30.1 Å². The molecular weight excluding hydrogens is 337 g/mol. The summed E-state index contributed by atoms with van der Waals surface area (Å²) < 4.78 is 44.2. The number of halogens is 3. The SMILES string of the molecule is Cc1nn(CC(F)(F)F)c(C)c1Cc1nc(C2CNCCN2C)no1. The molecule has 3 rings (SSSR count). The molecule has 0 aromatic carbocycles. The van der Waals surface area contributed by atoms with Crippen LogP contribution in [0.2, 0.25) is 0 Å². The van der Waals surface area contributed by atoms with Gasteiger partial charge in [-0.25, -0.2) is 0 Å². The molecule has 10 heteroatoms. The Balaban J connectivity index is 1.77. The number of aryl methyl sites for hydroxylation is 1. The summed E-state index contributed by atoms with van der Waals surface area (Å²) in [4.78, 5) is 6.57. The van der Waals surface area contributed by atoms with Crippen LogP contribution in [0.15, 0.2) is 4.52 Å². The molecule has 0 aliphatic carbocycles. The van der Waals surface area contributed by atoms with E-state index in [4.69, 9.17) is 4.52 Å². The fourth-order valence-corrected chi connectivity index (χ4v) is 3.03. The lowest BCUT2D eigenvalue weighted by atomic mass is 10.1. The summed E-state index contributed by atoms with van der Waals surface area (Å²) in [7, 11) is 2.00. The molecule has 138 valence electrons. The highest BCUT2D eigenvalue weighted by molar-refractivity contribution is 5.27. The Morgan fingerprint density at radius 2 is 2.08 bits per heavy atom. The lowest BCUT2D eigenvalue weighted by Gasteiger charge is -2.30. The number of nitrogens with zero attached hydrogens (tertiary/aromatic N) is 5. The summed E-state index contributed by atoms with van der Waals surface area (Å²) >= 11 is 0. The summed E-state index contributed by atoms with van der Waals surface area (Å²) in [6.45, 7) is 4.73. The van der Waals surface area contributed by atoms with Crippen molar-refractivity contribution in [1.29, 1.82) is 0 Å². The maximum atomic E-state index is 12.6. The van der Waals surface area contributed by atoms with E-state index in [9.17, 15) is 13.2 Å². The summed E-state index contributed by atoms with van der Waals surface area (Å²) in [5.74, 6) is 0.967. The molecule has 3 heterocycles. The van der Waals surface area contributed by atoms with E-state index in [2.05, 4.69) is 25.5 Å². The molecule has 1 aliphatic heterocycles. The molecule has 1 saturated heterocycles. The van der Waals surface area contributed by atoms with Gasteiger partial charge in [0.25, 0.3) is 0 Å². The van der Waals surface area contributed by atoms with Crippen LogP contribution in [0, 0.1) is 13.8 Å². The van der Waals surface area contributed by atoms with E-state index < -0.39 is 12.7 Å². The lowest BCUT2D eigenvalue weighted by molar-refractivity contribution is -0.142. The van der Waals surface area contributed by atoms with E-state index in [0.717, 1.165) is 24.3 Å². The zero-order chi connectivity index (χ0) is 18.2. The molecule has 2 aromatic rings. The lowest BCUT2D eigenvalue weighted by Crippen LogP contribution is -2.44. The van der Waals surface area contributed by atoms with Crippen molar-refractivity contribution in [3.63, 3.8) is 0 Å². The number of hydrogen-bond donors (Lipinski definition) is 1. The number of piperazine rings is 1. The molecule has 0 saturated carbocycles. The second-order valence-corrected chi connectivity index (χ2v) is 6.35. The normalized spacial score (nSPS) is 19.5. The fraction of sp³-hybridized carbons (Fsp3) is 0.667. The molecule has 0 amide bonds. The van der Waals surface area contributed by atoms with E-state index in [-0.39, 0.29) is 12.5 Å². The topological polar surface area (TPSA) is 72.0 Å². The van der Waals surface area contributed by atoms with Gasteiger partial charge in [-0.05, 0) is 20.9 Å². The van der Waals surface area contributed by atoms with Gasteiger partial charge in [0, 0.05) is 30.9 Å². The molecule has 1 unspecified atom stereocenters. The summed E-state index contributed by atoms with van der Waals surface area (Å²) in [6, 6.07) is 0.0291. The standard InChI is InChI=1S/C15H21F3N6O/c1-9-11(10(2)24(21-9)8-15(16,17)18)6-13-20-14(22-25-13)12-7-19-4-5-23(12)3/h12,19H,4-8H2,1-3H3. The first-order valence-corrected chi connectivity index (χ1v) is 8.07. The van der Waals surface area contributed by atoms with Crippen molar-refractivity contribution in [2.24, 2.45) is 0 Å². The molecule has 1 atom stereocenters. The summed E-state index contributed by atoms with van der Waals surface area (Å²) in [6.07, 6.45) is -4.04. The molecular formula is C15H21F3N6O. The van der Waals surface area contributed by atoms with Crippen molar-refractivity contribution in [3.8, 4) is 0 Å². The van der Waals surface area contributed by atoms with Gasteiger partial charge < -0.3 is 9.84 Å². The Hall–Kier alpha value is -1.94. The van der Waals surface area contributed by atoms with E-state index in [0.29, 0.717) is 28.7 Å². The van der Waals surface area contributed by atoms with E-state index >= 15 is 0 Å². The molecule has 1 N–H and O–H groups in total. The van der Waals surface area contributed by atoms with Crippen LogP contribution in [0.4, 0.5) is 13.2 Å². The predicted octanol–water partition coefficient (Wildman–Crippen LogP) is 1.61. The van der Waals surface area contributed by atoms with Crippen molar-refractivity contribution < 1.29 is 17.7 Å². The van der Waals surface area contributed by atoms with Crippen LogP contribution in [0.25, 0.3) is 0 Å². The van der Waals surface area contributed by atoms with Gasteiger partial charge in [0.05, 0.1) is 18.2 Å². The maximum absolute atomic E-state index is 12.6. The zero-order valence-corrected chi connectivity index (χ0v) is 14.4. The van der Waals surface area contributed by atoms with E-state index in [1.165, 1.54) is 0 Å². The Kier molecular flexibility index (Phi) is 4.83. The molecule has 2 aromatic heterocycles. The van der Waals surface area contributed by atoms with Crippen molar-refractivity contribution in [2.45, 2.75) is 39.0 Å². The van der Waals surface area contributed by atoms with Crippen LogP contribution in [0.1, 0.15) is 34.7 Å². The smallest absolute Gasteiger partial charge is 0.339 e. The van der Waals surface area contributed by atoms with Gasteiger partial charge in [-0.3, -0.25) is 9.58 Å². The van der Waals surface area contributed by atoms with Gasteiger partial charge in [0.2, 0.25) is 5.89 Å². The first-order chi connectivity index (χ1) is 11.7. The predicted molar refractivity (Wildman–Crippen MR) is 83.1 cm³/mol. The van der Waals surface area contributed by atoms with Gasteiger partial charge in [0.1, 0.15) is 6.54 Å². The minimum absolute atomic E-state index is 0.0291. The van der Waals surface area contributed by atoms with Crippen molar-refractivity contribution in [3.05, 3.63) is 28.7 Å². The van der Waals surface area contributed by atoms with Crippen molar-refractivity contribution in [2.75, 3.05) is 26.7 Å². The number of hydrogen-bond acceptors (Lipinski definition) is 6. The first kappa shape index (κ1) is 17.9. The Morgan fingerprint density at radius 1 is 1.32 bits per heavy atom. The molecule has 0 spiro atoms. The van der Waals surface area contributed by atoms with Gasteiger partial charge in [-0.1, -0.05) is 5.16 Å². The average molecular weight is 358 g/mol. The number of rotatable bonds is 4. The number of likely N-dealkylation sites (N-methyl/N-ethyl adjacent to an activating group) is 1. The van der Waals surface area contributed by atoms with Crippen LogP contribution >= 0.6 is 0 Å². The fourth-order valence-electron chi connectivity index (χ4n) is 3.03. The largest absolute Gasteiger partial charge is 0.408 e. The van der Waals surface area contributed by atoms with Crippen molar-refractivity contribution >= 4 is 0 Å². The third kappa shape index (κ3) is 4.01.